The summed E-state index contributed by atoms with van der Waals surface area (Å²) in [6.45, 7) is 7.26. The molecule has 0 unspecified atom stereocenters. The minimum atomic E-state index is 0.267. The number of ketones is 1. The Balaban J connectivity index is 1.25. The molecule has 2 aromatic heterocycles. The van der Waals surface area contributed by atoms with E-state index < -0.39 is 0 Å². The molecule has 1 aliphatic heterocycles. The second-order valence-electron chi connectivity index (χ2n) is 7.45. The average molecular weight is 400 g/mol. The fraction of sp³-hybridized carbons (Fsp3) is 0.476. The normalized spacial score (nSPS) is 16.2. The first kappa shape index (κ1) is 18.7. The van der Waals surface area contributed by atoms with Crippen molar-refractivity contribution in [3.63, 3.8) is 0 Å². The van der Waals surface area contributed by atoms with Crippen molar-refractivity contribution < 1.29 is 4.79 Å². The fourth-order valence-electron chi connectivity index (χ4n) is 3.84. The number of hydrogen-bond acceptors (Lipinski definition) is 6. The molecule has 0 saturated carbocycles. The number of Topliss-reactive ketones (excluding diaryl/α,β-unsaturated/α-hetero) is 1. The Labute approximate surface area is 168 Å². The number of nitrogens with zero attached hydrogens (tertiary/aromatic N) is 3. The van der Waals surface area contributed by atoms with E-state index in [0.29, 0.717) is 12.3 Å². The fourth-order valence-corrected chi connectivity index (χ4v) is 5.31. The summed E-state index contributed by atoms with van der Waals surface area (Å²) < 4.78 is 1.11. The Kier molecular flexibility index (Phi) is 5.66. The van der Waals surface area contributed by atoms with Crippen LogP contribution in [0.2, 0.25) is 0 Å². The van der Waals surface area contributed by atoms with Crippen LogP contribution in [-0.4, -0.2) is 33.7 Å². The third-order valence-electron chi connectivity index (χ3n) is 5.36. The number of benzene rings is 1. The van der Waals surface area contributed by atoms with Crippen molar-refractivity contribution in [2.24, 2.45) is 5.92 Å². The number of carbonyl (C=O) groups is 1. The van der Waals surface area contributed by atoms with E-state index in [-0.39, 0.29) is 5.78 Å². The number of thiazole rings is 2. The number of fused-ring (bicyclic) bond motifs is 1. The van der Waals surface area contributed by atoms with Gasteiger partial charge in [0, 0.05) is 23.9 Å². The standard InChI is InChI=1S/C21H25N3OS2/c1-14-22-18(13-26-14)12-24-9-7-16(8-10-24)3-6-20(25)17-4-5-19-21(11-17)27-15(2)23-19/h4-5,11,13,16H,3,6-10,12H2,1-2H3. The highest BCUT2D eigenvalue weighted by Gasteiger charge is 2.21. The van der Waals surface area contributed by atoms with Crippen LogP contribution in [0.1, 0.15) is 51.8 Å². The average Bonchev–Trinajstić information content (AvgIpc) is 3.24. The van der Waals surface area contributed by atoms with E-state index >= 15 is 0 Å². The molecule has 0 atom stereocenters. The molecule has 3 aromatic rings. The molecular formula is C21H25N3OS2. The highest BCUT2D eigenvalue weighted by Crippen LogP contribution is 2.26. The zero-order chi connectivity index (χ0) is 18.8. The Bertz CT molecular complexity index is 938. The highest BCUT2D eigenvalue weighted by molar-refractivity contribution is 7.18. The molecule has 142 valence electrons. The van der Waals surface area contributed by atoms with Crippen molar-refractivity contribution in [3.8, 4) is 0 Å². The van der Waals surface area contributed by atoms with Crippen LogP contribution in [0, 0.1) is 19.8 Å². The third-order valence-corrected chi connectivity index (χ3v) is 7.11. The lowest BCUT2D eigenvalue weighted by Gasteiger charge is -2.31. The van der Waals surface area contributed by atoms with Crippen LogP contribution in [0.15, 0.2) is 23.6 Å². The number of aryl methyl sites for hydroxylation is 2. The molecule has 1 aromatic carbocycles. The van der Waals surface area contributed by atoms with Gasteiger partial charge in [0.2, 0.25) is 0 Å². The van der Waals surface area contributed by atoms with E-state index in [1.165, 1.54) is 18.5 Å². The van der Waals surface area contributed by atoms with Crippen LogP contribution < -0.4 is 0 Å². The van der Waals surface area contributed by atoms with Crippen molar-refractivity contribution in [3.05, 3.63) is 44.9 Å². The van der Waals surface area contributed by atoms with Crippen LogP contribution >= 0.6 is 22.7 Å². The van der Waals surface area contributed by atoms with Gasteiger partial charge < -0.3 is 0 Å². The first-order chi connectivity index (χ1) is 13.1. The lowest BCUT2D eigenvalue weighted by atomic mass is 9.90. The molecule has 6 heteroatoms. The summed E-state index contributed by atoms with van der Waals surface area (Å²) in [5.74, 6) is 0.931. The maximum Gasteiger partial charge on any atom is 0.162 e. The van der Waals surface area contributed by atoms with Crippen LogP contribution in [0.4, 0.5) is 0 Å². The molecule has 0 aliphatic carbocycles. The van der Waals surface area contributed by atoms with Gasteiger partial charge in [0.05, 0.1) is 25.9 Å². The molecule has 3 heterocycles. The summed E-state index contributed by atoms with van der Waals surface area (Å²) >= 11 is 3.39. The molecule has 1 saturated heterocycles. The van der Waals surface area contributed by atoms with E-state index in [9.17, 15) is 4.79 Å². The van der Waals surface area contributed by atoms with Crippen LogP contribution in [0.3, 0.4) is 0 Å². The molecule has 0 radical (unpaired) electrons. The minimum Gasteiger partial charge on any atom is -0.297 e. The van der Waals surface area contributed by atoms with E-state index in [2.05, 4.69) is 27.2 Å². The van der Waals surface area contributed by atoms with Gasteiger partial charge in [0.15, 0.2) is 5.78 Å². The summed E-state index contributed by atoms with van der Waals surface area (Å²) in [6.07, 6.45) is 4.02. The number of carbonyl (C=O) groups excluding carboxylic acids is 1. The van der Waals surface area contributed by atoms with Crippen molar-refractivity contribution in [2.75, 3.05) is 13.1 Å². The molecule has 0 N–H and O–H groups in total. The van der Waals surface area contributed by atoms with Crippen LogP contribution in [0.25, 0.3) is 10.2 Å². The van der Waals surface area contributed by atoms with E-state index in [1.807, 2.05) is 25.1 Å². The van der Waals surface area contributed by atoms with Crippen molar-refractivity contribution in [1.29, 1.82) is 0 Å². The van der Waals surface area contributed by atoms with Gasteiger partial charge in [-0.2, -0.15) is 0 Å². The smallest absolute Gasteiger partial charge is 0.162 e. The summed E-state index contributed by atoms with van der Waals surface area (Å²) in [7, 11) is 0. The molecule has 0 spiro atoms. The largest absolute Gasteiger partial charge is 0.297 e. The van der Waals surface area contributed by atoms with Gasteiger partial charge in [-0.1, -0.05) is 0 Å². The van der Waals surface area contributed by atoms with Gasteiger partial charge in [-0.05, 0) is 70.3 Å². The van der Waals surface area contributed by atoms with E-state index in [4.69, 9.17) is 0 Å². The summed E-state index contributed by atoms with van der Waals surface area (Å²) in [5, 5.41) is 4.36. The number of piperidine rings is 1. The zero-order valence-electron chi connectivity index (χ0n) is 15.9. The topological polar surface area (TPSA) is 46.1 Å². The number of hydrogen-bond donors (Lipinski definition) is 0. The van der Waals surface area contributed by atoms with E-state index in [1.54, 1.807) is 22.7 Å². The zero-order valence-corrected chi connectivity index (χ0v) is 17.5. The Hall–Kier alpha value is -1.63. The van der Waals surface area contributed by atoms with Crippen LogP contribution in [0.5, 0.6) is 0 Å². The Morgan fingerprint density at radius 3 is 2.74 bits per heavy atom. The summed E-state index contributed by atoms with van der Waals surface area (Å²) in [5.41, 5.74) is 3.03. The lowest BCUT2D eigenvalue weighted by molar-refractivity contribution is 0.0961. The third kappa shape index (κ3) is 4.62. The summed E-state index contributed by atoms with van der Waals surface area (Å²) in [6, 6.07) is 5.92. The molecule has 27 heavy (non-hydrogen) atoms. The Morgan fingerprint density at radius 1 is 1.19 bits per heavy atom. The van der Waals surface area contributed by atoms with Gasteiger partial charge in [0.1, 0.15) is 0 Å². The van der Waals surface area contributed by atoms with Crippen molar-refractivity contribution >= 4 is 38.7 Å². The molecule has 4 rings (SSSR count). The maximum atomic E-state index is 12.6. The maximum absolute atomic E-state index is 12.6. The predicted octanol–water partition coefficient (Wildman–Crippen LogP) is 5.24. The second-order valence-corrected chi connectivity index (χ2v) is 9.75. The molecule has 1 aliphatic rings. The number of aromatic nitrogens is 2. The number of likely N-dealkylation sites (tertiary alicyclic amines) is 1. The monoisotopic (exact) mass is 399 g/mol. The Morgan fingerprint density at radius 2 is 2.00 bits per heavy atom. The quantitative estimate of drug-likeness (QED) is 0.532. The molecule has 0 bridgehead atoms. The van der Waals surface area contributed by atoms with Crippen molar-refractivity contribution in [1.82, 2.24) is 14.9 Å². The molecular weight excluding hydrogens is 374 g/mol. The van der Waals surface area contributed by atoms with Gasteiger partial charge in [0.25, 0.3) is 0 Å². The SMILES string of the molecule is Cc1nc(CN2CCC(CCC(=O)c3ccc4nc(C)sc4c3)CC2)cs1. The molecule has 1 fully saturated rings. The van der Waals surface area contributed by atoms with Gasteiger partial charge >= 0.3 is 0 Å². The van der Waals surface area contributed by atoms with Gasteiger partial charge in [-0.3, -0.25) is 9.69 Å². The first-order valence-corrected chi connectivity index (χ1v) is 11.3. The lowest BCUT2D eigenvalue weighted by Crippen LogP contribution is -2.33. The second kappa shape index (κ2) is 8.17. The van der Waals surface area contributed by atoms with Crippen LogP contribution in [-0.2, 0) is 6.54 Å². The molecule has 0 amide bonds. The summed E-state index contributed by atoms with van der Waals surface area (Å²) in [4.78, 5) is 24.1. The molecule has 4 nitrogen and oxygen atoms in total. The number of rotatable bonds is 6. The van der Waals surface area contributed by atoms with E-state index in [0.717, 1.165) is 51.9 Å². The van der Waals surface area contributed by atoms with Gasteiger partial charge in [-0.15, -0.1) is 22.7 Å². The predicted molar refractivity (Wildman–Crippen MR) is 113 cm³/mol. The minimum absolute atomic E-state index is 0.267. The van der Waals surface area contributed by atoms with Crippen molar-refractivity contribution in [2.45, 2.75) is 46.1 Å². The highest BCUT2D eigenvalue weighted by atomic mass is 32.1. The first-order valence-electron chi connectivity index (χ1n) is 9.60. The van der Waals surface area contributed by atoms with Gasteiger partial charge in [-0.25, -0.2) is 9.97 Å².